The summed E-state index contributed by atoms with van der Waals surface area (Å²) in [6.45, 7) is 0. The molecule has 0 fully saturated rings. The van der Waals surface area contributed by atoms with E-state index in [1.54, 1.807) is 21.3 Å². The fourth-order valence-electron chi connectivity index (χ4n) is 3.17. The first-order valence-electron chi connectivity index (χ1n) is 9.27. The molecule has 0 bridgehead atoms. The summed E-state index contributed by atoms with van der Waals surface area (Å²) < 4.78 is 3.26. The molecule has 1 atom stereocenters. The molecule has 0 aliphatic carbocycles. The zero-order chi connectivity index (χ0) is 19.3. The van der Waals surface area contributed by atoms with Gasteiger partial charge in [0.25, 0.3) is 5.56 Å². The van der Waals surface area contributed by atoms with Crippen LogP contribution in [0.3, 0.4) is 0 Å². The number of nitrogens with two attached hydrogens (primary N) is 1. The molecule has 0 aliphatic heterocycles. The lowest BCUT2D eigenvalue weighted by molar-refractivity contribution is 0.596. The van der Waals surface area contributed by atoms with E-state index in [-0.39, 0.29) is 11.6 Å². The van der Waals surface area contributed by atoms with Crippen LogP contribution in [0.5, 0.6) is 0 Å². The van der Waals surface area contributed by atoms with Gasteiger partial charge in [-0.3, -0.25) is 9.36 Å². The standard InChI is InChI=1S/C22H22N4OS/c23-19(13-15-28-16-17-8-3-1-4-9-17)21-24-25-14-7-12-20(25)22(27)26(21)18-10-5-2-6-11-18/h1-12,14,19H,13,15-16,23H2/t19-/m0/s1. The molecule has 6 heteroatoms. The van der Waals surface area contributed by atoms with Gasteiger partial charge < -0.3 is 5.73 Å². The third kappa shape index (κ3) is 3.88. The minimum absolute atomic E-state index is 0.103. The third-order valence-corrected chi connectivity index (χ3v) is 5.68. The highest BCUT2D eigenvalue weighted by molar-refractivity contribution is 7.98. The molecule has 4 aromatic rings. The van der Waals surface area contributed by atoms with E-state index in [1.807, 2.05) is 54.2 Å². The molecule has 4 rings (SSSR count). The normalized spacial score (nSPS) is 12.3. The Balaban J connectivity index is 1.57. The number of benzene rings is 2. The molecule has 5 nitrogen and oxygen atoms in total. The van der Waals surface area contributed by atoms with Crippen LogP contribution in [0, 0.1) is 0 Å². The van der Waals surface area contributed by atoms with Gasteiger partial charge in [-0.1, -0.05) is 48.5 Å². The topological polar surface area (TPSA) is 65.3 Å². The molecular weight excluding hydrogens is 368 g/mol. The molecule has 2 aromatic carbocycles. The maximum absolute atomic E-state index is 13.1. The lowest BCUT2D eigenvalue weighted by Gasteiger charge is -2.18. The van der Waals surface area contributed by atoms with Gasteiger partial charge in [0, 0.05) is 11.9 Å². The van der Waals surface area contributed by atoms with Crippen LogP contribution in [-0.2, 0) is 5.75 Å². The largest absolute Gasteiger partial charge is 0.321 e. The lowest BCUT2D eigenvalue weighted by Crippen LogP contribution is -2.30. The number of thioether (sulfide) groups is 1. The maximum Gasteiger partial charge on any atom is 0.282 e. The number of para-hydroxylation sites is 1. The maximum atomic E-state index is 13.1. The Morgan fingerprint density at radius 1 is 0.964 bits per heavy atom. The van der Waals surface area contributed by atoms with Crippen LogP contribution in [0.25, 0.3) is 11.2 Å². The van der Waals surface area contributed by atoms with Crippen molar-refractivity contribution in [3.05, 3.63) is 101 Å². The van der Waals surface area contributed by atoms with Crippen molar-refractivity contribution in [3.63, 3.8) is 0 Å². The average molecular weight is 391 g/mol. The Labute approximate surface area is 167 Å². The van der Waals surface area contributed by atoms with Crippen molar-refractivity contribution in [2.75, 3.05) is 5.75 Å². The van der Waals surface area contributed by atoms with Gasteiger partial charge >= 0.3 is 0 Å². The lowest BCUT2D eigenvalue weighted by atomic mass is 10.2. The second-order valence-corrected chi connectivity index (χ2v) is 7.71. The molecule has 0 saturated heterocycles. The predicted octanol–water partition coefficient (Wildman–Crippen LogP) is 3.81. The van der Waals surface area contributed by atoms with E-state index in [0.717, 1.165) is 23.6 Å². The Hall–Kier alpha value is -2.83. The summed E-state index contributed by atoms with van der Waals surface area (Å²) in [4.78, 5) is 13.1. The van der Waals surface area contributed by atoms with Crippen molar-refractivity contribution in [2.45, 2.75) is 18.2 Å². The molecule has 0 amide bonds. The second-order valence-electron chi connectivity index (χ2n) is 6.61. The Kier molecular flexibility index (Phi) is 5.60. The van der Waals surface area contributed by atoms with Crippen molar-refractivity contribution >= 4 is 17.3 Å². The molecule has 2 heterocycles. The zero-order valence-electron chi connectivity index (χ0n) is 15.4. The number of nitrogens with zero attached hydrogens (tertiary/aromatic N) is 3. The van der Waals surface area contributed by atoms with Gasteiger partial charge in [0.1, 0.15) is 5.52 Å². The number of hydrogen-bond acceptors (Lipinski definition) is 4. The van der Waals surface area contributed by atoms with E-state index >= 15 is 0 Å². The summed E-state index contributed by atoms with van der Waals surface area (Å²) in [7, 11) is 0. The molecule has 142 valence electrons. The van der Waals surface area contributed by atoms with Gasteiger partial charge in [-0.05, 0) is 42.0 Å². The first-order valence-corrected chi connectivity index (χ1v) is 10.4. The smallest absolute Gasteiger partial charge is 0.282 e. The molecule has 0 radical (unpaired) electrons. The first kappa shape index (κ1) is 18.5. The number of hydrogen-bond donors (Lipinski definition) is 1. The van der Waals surface area contributed by atoms with Crippen molar-refractivity contribution in [3.8, 4) is 5.69 Å². The Bertz CT molecular complexity index is 1110. The van der Waals surface area contributed by atoms with Crippen LogP contribution >= 0.6 is 11.8 Å². The minimum Gasteiger partial charge on any atom is -0.321 e. The molecule has 2 aromatic heterocycles. The Morgan fingerprint density at radius 2 is 1.68 bits per heavy atom. The summed E-state index contributed by atoms with van der Waals surface area (Å²) in [6.07, 6.45) is 2.52. The summed E-state index contributed by atoms with van der Waals surface area (Å²) >= 11 is 1.84. The van der Waals surface area contributed by atoms with Crippen molar-refractivity contribution in [1.29, 1.82) is 0 Å². The van der Waals surface area contributed by atoms with Gasteiger partial charge in [0.2, 0.25) is 0 Å². The van der Waals surface area contributed by atoms with Crippen molar-refractivity contribution in [2.24, 2.45) is 5.73 Å². The highest BCUT2D eigenvalue weighted by atomic mass is 32.2. The van der Waals surface area contributed by atoms with Gasteiger partial charge in [-0.2, -0.15) is 16.9 Å². The number of rotatable bonds is 7. The van der Waals surface area contributed by atoms with Crippen LogP contribution in [0.2, 0.25) is 0 Å². The summed E-state index contributed by atoms with van der Waals surface area (Å²) in [5.41, 5.74) is 9.01. The van der Waals surface area contributed by atoms with Crippen LogP contribution in [0.1, 0.15) is 23.9 Å². The van der Waals surface area contributed by atoms with Gasteiger partial charge in [-0.15, -0.1) is 0 Å². The van der Waals surface area contributed by atoms with E-state index in [1.165, 1.54) is 5.56 Å². The molecule has 0 aliphatic rings. The van der Waals surface area contributed by atoms with E-state index in [0.29, 0.717) is 11.3 Å². The van der Waals surface area contributed by atoms with E-state index in [4.69, 9.17) is 5.73 Å². The van der Waals surface area contributed by atoms with Crippen molar-refractivity contribution in [1.82, 2.24) is 14.2 Å². The predicted molar refractivity (Wildman–Crippen MR) is 115 cm³/mol. The van der Waals surface area contributed by atoms with Gasteiger partial charge in [-0.25, -0.2) is 4.52 Å². The number of aromatic nitrogens is 3. The summed E-state index contributed by atoms with van der Waals surface area (Å²) in [6, 6.07) is 23.2. The quantitative estimate of drug-likeness (QED) is 0.487. The fourth-order valence-corrected chi connectivity index (χ4v) is 4.17. The fraction of sp³-hybridized carbons (Fsp3) is 0.182. The van der Waals surface area contributed by atoms with E-state index in [9.17, 15) is 4.79 Å². The number of fused-ring (bicyclic) bond motifs is 1. The highest BCUT2D eigenvalue weighted by Crippen LogP contribution is 2.20. The highest BCUT2D eigenvalue weighted by Gasteiger charge is 2.18. The van der Waals surface area contributed by atoms with E-state index < -0.39 is 0 Å². The average Bonchev–Trinajstić information content (AvgIpc) is 3.21. The second kappa shape index (κ2) is 8.46. The first-order chi connectivity index (χ1) is 13.7. The zero-order valence-corrected chi connectivity index (χ0v) is 16.3. The Morgan fingerprint density at radius 3 is 2.43 bits per heavy atom. The van der Waals surface area contributed by atoms with Gasteiger partial charge in [0.15, 0.2) is 5.82 Å². The monoisotopic (exact) mass is 390 g/mol. The molecule has 28 heavy (non-hydrogen) atoms. The summed E-state index contributed by atoms with van der Waals surface area (Å²) in [5.74, 6) is 2.42. The van der Waals surface area contributed by atoms with Crippen LogP contribution in [-0.4, -0.2) is 19.9 Å². The SMILES string of the molecule is N[C@@H](CCSCc1ccccc1)c1nn2cccc2c(=O)n1-c1ccccc1. The molecule has 2 N–H and O–H groups in total. The van der Waals surface area contributed by atoms with Gasteiger partial charge in [0.05, 0.1) is 11.7 Å². The molecule has 0 unspecified atom stereocenters. The third-order valence-electron chi connectivity index (χ3n) is 4.62. The van der Waals surface area contributed by atoms with Crippen LogP contribution in [0.15, 0.2) is 83.8 Å². The van der Waals surface area contributed by atoms with E-state index in [2.05, 4.69) is 29.4 Å². The molecule has 0 spiro atoms. The summed E-state index contributed by atoms with van der Waals surface area (Å²) in [5, 5.41) is 4.65. The minimum atomic E-state index is -0.331. The van der Waals surface area contributed by atoms with Crippen LogP contribution < -0.4 is 11.3 Å². The molecule has 0 saturated carbocycles. The van der Waals surface area contributed by atoms with Crippen LogP contribution in [0.4, 0.5) is 0 Å². The van der Waals surface area contributed by atoms with Crippen molar-refractivity contribution < 1.29 is 0 Å². The molecular formula is C22H22N4OS.